The van der Waals surface area contributed by atoms with Gasteiger partial charge in [-0.2, -0.15) is 0 Å². The van der Waals surface area contributed by atoms with Gasteiger partial charge in [0.05, 0.1) is 13.2 Å². The summed E-state index contributed by atoms with van der Waals surface area (Å²) in [5.41, 5.74) is 6.62. The summed E-state index contributed by atoms with van der Waals surface area (Å²) < 4.78 is 4.95. The molecule has 1 aromatic carbocycles. The second-order valence-electron chi connectivity index (χ2n) is 4.64. The predicted octanol–water partition coefficient (Wildman–Crippen LogP) is 1.39. The van der Waals surface area contributed by atoms with Crippen molar-refractivity contribution in [1.82, 2.24) is 5.32 Å². The Kier molecular flexibility index (Phi) is 5.63. The van der Waals surface area contributed by atoms with Gasteiger partial charge in [0.15, 0.2) is 11.5 Å². The van der Waals surface area contributed by atoms with Gasteiger partial charge in [0.25, 0.3) is 0 Å². The molecule has 5 heteroatoms. The minimum absolute atomic E-state index is 0.0560. The van der Waals surface area contributed by atoms with Crippen LogP contribution < -0.4 is 15.8 Å². The third kappa shape index (κ3) is 4.13. The molecule has 5 nitrogen and oxygen atoms in total. The van der Waals surface area contributed by atoms with Crippen molar-refractivity contribution < 1.29 is 14.6 Å². The third-order valence-corrected chi connectivity index (χ3v) is 3.27. The highest BCUT2D eigenvalue weighted by Gasteiger charge is 2.18. The molecule has 0 bridgehead atoms. The van der Waals surface area contributed by atoms with E-state index in [4.69, 9.17) is 10.5 Å². The summed E-state index contributed by atoms with van der Waals surface area (Å²) in [5, 5.41) is 12.4. The first kappa shape index (κ1) is 15.3. The lowest BCUT2D eigenvalue weighted by atomic mass is 9.99. The zero-order valence-corrected chi connectivity index (χ0v) is 11.6. The molecule has 0 aliphatic carbocycles. The zero-order chi connectivity index (χ0) is 14.4. The Balaban J connectivity index is 2.57. The van der Waals surface area contributed by atoms with Crippen molar-refractivity contribution in [1.29, 1.82) is 0 Å². The quantitative estimate of drug-likeness (QED) is 0.726. The second kappa shape index (κ2) is 6.99. The summed E-state index contributed by atoms with van der Waals surface area (Å²) in [6, 6.07) is 4.50. The summed E-state index contributed by atoms with van der Waals surface area (Å²) in [7, 11) is 1.49. The van der Waals surface area contributed by atoms with Crippen LogP contribution in [0.4, 0.5) is 0 Å². The molecule has 2 atom stereocenters. The number of benzene rings is 1. The highest BCUT2D eigenvalue weighted by atomic mass is 16.5. The number of amides is 1. The molecule has 1 aromatic rings. The van der Waals surface area contributed by atoms with Crippen LogP contribution in [0.3, 0.4) is 0 Å². The number of hydrogen-bond donors (Lipinski definition) is 3. The van der Waals surface area contributed by atoms with E-state index < -0.39 is 6.04 Å². The molecule has 1 unspecified atom stereocenters. The van der Waals surface area contributed by atoms with Gasteiger partial charge in [-0.1, -0.05) is 26.3 Å². The van der Waals surface area contributed by atoms with E-state index in [2.05, 4.69) is 5.32 Å². The average Bonchev–Trinajstić information content (AvgIpc) is 2.43. The Labute approximate surface area is 113 Å². The molecule has 0 saturated heterocycles. The van der Waals surface area contributed by atoms with Crippen LogP contribution in [0.2, 0.25) is 0 Å². The van der Waals surface area contributed by atoms with E-state index in [9.17, 15) is 9.90 Å². The predicted molar refractivity (Wildman–Crippen MR) is 73.9 cm³/mol. The number of nitrogens with two attached hydrogens (primary N) is 1. The van der Waals surface area contributed by atoms with Crippen molar-refractivity contribution >= 4 is 5.91 Å². The summed E-state index contributed by atoms with van der Waals surface area (Å²) in [6.07, 6.45) is 0.859. The number of ether oxygens (including phenoxy) is 1. The molecule has 0 aliphatic heterocycles. The molecule has 4 N–H and O–H groups in total. The van der Waals surface area contributed by atoms with Crippen molar-refractivity contribution in [2.75, 3.05) is 7.11 Å². The van der Waals surface area contributed by atoms with Crippen LogP contribution in [-0.4, -0.2) is 24.2 Å². The number of nitrogens with one attached hydrogen (secondary N) is 1. The number of methoxy groups -OCH3 is 1. The highest BCUT2D eigenvalue weighted by molar-refractivity contribution is 5.81. The maximum Gasteiger partial charge on any atom is 0.237 e. The fourth-order valence-electron chi connectivity index (χ4n) is 1.66. The summed E-state index contributed by atoms with van der Waals surface area (Å²) in [4.78, 5) is 11.8. The van der Waals surface area contributed by atoms with Gasteiger partial charge in [-0.05, 0) is 23.6 Å². The Bertz CT molecular complexity index is 435. The topological polar surface area (TPSA) is 84.6 Å². The fourth-order valence-corrected chi connectivity index (χ4v) is 1.66. The normalized spacial score (nSPS) is 13.7. The van der Waals surface area contributed by atoms with E-state index in [1.807, 2.05) is 13.8 Å². The van der Waals surface area contributed by atoms with Gasteiger partial charge in [0, 0.05) is 6.54 Å². The van der Waals surface area contributed by atoms with Gasteiger partial charge in [-0.15, -0.1) is 0 Å². The van der Waals surface area contributed by atoms with Gasteiger partial charge in [0.2, 0.25) is 5.91 Å². The molecule has 0 radical (unpaired) electrons. The van der Waals surface area contributed by atoms with E-state index >= 15 is 0 Å². The van der Waals surface area contributed by atoms with Gasteiger partial charge >= 0.3 is 0 Å². The first-order valence-electron chi connectivity index (χ1n) is 6.38. The molecule has 0 heterocycles. The average molecular weight is 266 g/mol. The number of phenols is 1. The molecular weight excluding hydrogens is 244 g/mol. The first-order chi connectivity index (χ1) is 8.99. The maximum absolute atomic E-state index is 11.8. The lowest BCUT2D eigenvalue weighted by Gasteiger charge is -2.17. The molecule has 0 aliphatic rings. The number of hydrogen-bond acceptors (Lipinski definition) is 4. The summed E-state index contributed by atoms with van der Waals surface area (Å²) in [5.74, 6) is 0.431. The molecule has 0 fully saturated rings. The van der Waals surface area contributed by atoms with Crippen molar-refractivity contribution in [3.05, 3.63) is 23.8 Å². The second-order valence-corrected chi connectivity index (χ2v) is 4.64. The minimum atomic E-state index is -0.503. The van der Waals surface area contributed by atoms with Crippen LogP contribution in [0.25, 0.3) is 0 Å². The number of carbonyl (C=O) groups excluding carboxylic acids is 1. The van der Waals surface area contributed by atoms with Crippen LogP contribution in [0, 0.1) is 5.92 Å². The monoisotopic (exact) mass is 266 g/mol. The largest absolute Gasteiger partial charge is 0.504 e. The Morgan fingerprint density at radius 3 is 2.74 bits per heavy atom. The van der Waals surface area contributed by atoms with Gasteiger partial charge in [-0.3, -0.25) is 4.79 Å². The molecule has 0 saturated carbocycles. The molecule has 0 aromatic heterocycles. The van der Waals surface area contributed by atoms with Crippen molar-refractivity contribution in [2.45, 2.75) is 32.9 Å². The summed E-state index contributed by atoms with van der Waals surface area (Å²) >= 11 is 0. The number of aromatic hydroxyl groups is 1. The molecule has 19 heavy (non-hydrogen) atoms. The highest BCUT2D eigenvalue weighted by Crippen LogP contribution is 2.26. The molecule has 0 spiro atoms. The van der Waals surface area contributed by atoms with Crippen molar-refractivity contribution in [2.24, 2.45) is 11.7 Å². The van der Waals surface area contributed by atoms with Crippen molar-refractivity contribution in [3.63, 3.8) is 0 Å². The molecule has 106 valence electrons. The minimum Gasteiger partial charge on any atom is -0.504 e. The zero-order valence-electron chi connectivity index (χ0n) is 11.6. The van der Waals surface area contributed by atoms with Gasteiger partial charge < -0.3 is 20.9 Å². The summed E-state index contributed by atoms with van der Waals surface area (Å²) in [6.45, 7) is 4.28. The lowest BCUT2D eigenvalue weighted by molar-refractivity contribution is -0.123. The molecule has 1 rings (SSSR count). The Hall–Kier alpha value is -1.75. The molecule has 1 amide bonds. The van der Waals surface area contributed by atoms with Crippen LogP contribution in [0.5, 0.6) is 11.5 Å². The fraction of sp³-hybridized carbons (Fsp3) is 0.500. The van der Waals surface area contributed by atoms with E-state index in [0.29, 0.717) is 12.3 Å². The van der Waals surface area contributed by atoms with Crippen molar-refractivity contribution in [3.8, 4) is 11.5 Å². The Morgan fingerprint density at radius 1 is 1.53 bits per heavy atom. The third-order valence-electron chi connectivity index (χ3n) is 3.27. The first-order valence-corrected chi connectivity index (χ1v) is 6.38. The maximum atomic E-state index is 11.8. The van der Waals surface area contributed by atoms with Gasteiger partial charge in [-0.25, -0.2) is 0 Å². The van der Waals surface area contributed by atoms with Gasteiger partial charge in [0.1, 0.15) is 0 Å². The lowest BCUT2D eigenvalue weighted by Crippen LogP contribution is -2.44. The van der Waals surface area contributed by atoms with Crippen LogP contribution in [0.1, 0.15) is 25.8 Å². The van der Waals surface area contributed by atoms with E-state index in [-0.39, 0.29) is 17.6 Å². The number of phenolic OH excluding ortho intramolecular Hbond substituents is 1. The molecular formula is C14H22N2O3. The Morgan fingerprint density at radius 2 is 2.21 bits per heavy atom. The van der Waals surface area contributed by atoms with Crippen LogP contribution in [-0.2, 0) is 11.3 Å². The van der Waals surface area contributed by atoms with E-state index in [1.54, 1.807) is 18.2 Å². The van der Waals surface area contributed by atoms with E-state index in [1.165, 1.54) is 7.11 Å². The SMILES string of the molecule is CCC(C)[C@H](N)C(=O)NCc1ccc(OC)c(O)c1. The van der Waals surface area contributed by atoms with Crippen LogP contribution in [0.15, 0.2) is 18.2 Å². The number of carbonyl (C=O) groups is 1. The van der Waals surface area contributed by atoms with Crippen LogP contribution >= 0.6 is 0 Å². The standard InChI is InChI=1S/C14H22N2O3/c1-4-9(2)13(15)14(18)16-8-10-5-6-12(19-3)11(17)7-10/h5-7,9,13,17H,4,8,15H2,1-3H3,(H,16,18)/t9?,13-/m0/s1. The smallest absolute Gasteiger partial charge is 0.237 e. The van der Waals surface area contributed by atoms with E-state index in [0.717, 1.165) is 12.0 Å². The number of rotatable bonds is 6.